The van der Waals surface area contributed by atoms with Gasteiger partial charge < -0.3 is 4.57 Å². The van der Waals surface area contributed by atoms with Crippen LogP contribution in [0, 0.1) is 0 Å². The minimum absolute atomic E-state index is 0.219. The molecule has 2 aromatic rings. The van der Waals surface area contributed by atoms with E-state index in [2.05, 4.69) is 24.5 Å². The third kappa shape index (κ3) is 1.53. The first-order valence-electron chi connectivity index (χ1n) is 5.98. The van der Waals surface area contributed by atoms with Crippen LogP contribution in [-0.2, 0) is 6.54 Å². The van der Waals surface area contributed by atoms with Gasteiger partial charge in [-0.3, -0.25) is 4.79 Å². The highest BCUT2D eigenvalue weighted by molar-refractivity contribution is 7.99. The summed E-state index contributed by atoms with van der Waals surface area (Å²) in [4.78, 5) is 12.5. The maximum absolute atomic E-state index is 12.5. The zero-order valence-corrected chi connectivity index (χ0v) is 10.9. The van der Waals surface area contributed by atoms with Crippen molar-refractivity contribution in [3.8, 4) is 0 Å². The molecule has 0 saturated carbocycles. The van der Waals surface area contributed by atoms with Crippen molar-refractivity contribution in [3.05, 3.63) is 40.1 Å². The van der Waals surface area contributed by atoms with E-state index in [0.717, 1.165) is 28.8 Å². The topological polar surface area (TPSA) is 22.0 Å². The molecule has 0 amide bonds. The van der Waals surface area contributed by atoms with E-state index in [-0.39, 0.29) is 5.43 Å². The van der Waals surface area contributed by atoms with Gasteiger partial charge in [0.1, 0.15) is 0 Å². The van der Waals surface area contributed by atoms with Gasteiger partial charge in [0, 0.05) is 23.2 Å². The molecule has 1 aromatic carbocycles. The average Bonchev–Trinajstić information content (AvgIpc) is 2.78. The Kier molecular flexibility index (Phi) is 2.51. The Morgan fingerprint density at radius 1 is 1.29 bits per heavy atom. The third-order valence-corrected chi connectivity index (χ3v) is 4.39. The summed E-state index contributed by atoms with van der Waals surface area (Å²) < 4.78 is 2.30. The van der Waals surface area contributed by atoms with Crippen LogP contribution >= 0.6 is 11.8 Å². The summed E-state index contributed by atoms with van der Waals surface area (Å²) in [6.07, 6.45) is 0. The van der Waals surface area contributed by atoms with E-state index in [9.17, 15) is 4.79 Å². The van der Waals surface area contributed by atoms with Crippen LogP contribution in [0.25, 0.3) is 10.9 Å². The standard InChI is InChI=1S/C14H15NOS/c1-9(2)12-13(16)10-5-3-4-6-11(10)15-7-8-17-14(12)15/h3-6,9H,7-8H2,1-2H3. The molecule has 1 aliphatic rings. The number of fused-ring (bicyclic) bond motifs is 3. The Bertz CT molecular complexity index is 642. The van der Waals surface area contributed by atoms with Gasteiger partial charge in [-0.2, -0.15) is 0 Å². The van der Waals surface area contributed by atoms with Gasteiger partial charge in [0.15, 0.2) is 5.43 Å². The van der Waals surface area contributed by atoms with E-state index in [1.165, 1.54) is 5.03 Å². The number of aromatic nitrogens is 1. The molecule has 0 fully saturated rings. The second-order valence-electron chi connectivity index (χ2n) is 4.72. The van der Waals surface area contributed by atoms with Gasteiger partial charge in [-0.25, -0.2) is 0 Å². The van der Waals surface area contributed by atoms with Crippen molar-refractivity contribution in [2.24, 2.45) is 0 Å². The number of pyridine rings is 1. The molecular weight excluding hydrogens is 230 g/mol. The van der Waals surface area contributed by atoms with Gasteiger partial charge in [-0.15, -0.1) is 11.8 Å². The molecule has 3 rings (SSSR count). The Morgan fingerprint density at radius 2 is 2.06 bits per heavy atom. The van der Waals surface area contributed by atoms with Crippen LogP contribution in [0.5, 0.6) is 0 Å². The Balaban J connectivity index is 2.51. The van der Waals surface area contributed by atoms with E-state index < -0.39 is 0 Å². The van der Waals surface area contributed by atoms with Gasteiger partial charge in [-0.1, -0.05) is 26.0 Å². The minimum Gasteiger partial charge on any atom is -0.334 e. The lowest BCUT2D eigenvalue weighted by Gasteiger charge is -2.15. The quantitative estimate of drug-likeness (QED) is 0.769. The average molecular weight is 245 g/mol. The summed E-state index contributed by atoms with van der Waals surface area (Å²) in [5.74, 6) is 1.37. The summed E-state index contributed by atoms with van der Waals surface area (Å²) in [6, 6.07) is 7.95. The third-order valence-electron chi connectivity index (χ3n) is 3.29. The number of benzene rings is 1. The van der Waals surface area contributed by atoms with E-state index >= 15 is 0 Å². The minimum atomic E-state index is 0.219. The predicted octanol–water partition coefficient (Wildman–Crippen LogP) is 3.23. The van der Waals surface area contributed by atoms with Crippen LogP contribution < -0.4 is 5.43 Å². The summed E-state index contributed by atoms with van der Waals surface area (Å²) in [6.45, 7) is 5.22. The highest BCUT2D eigenvalue weighted by Crippen LogP contribution is 2.34. The zero-order valence-electron chi connectivity index (χ0n) is 10.1. The van der Waals surface area contributed by atoms with Crippen LogP contribution in [0.2, 0.25) is 0 Å². The molecule has 1 aliphatic heterocycles. The normalized spacial score (nSPS) is 14.5. The molecule has 0 unspecified atom stereocenters. The van der Waals surface area contributed by atoms with Crippen LogP contribution in [0.4, 0.5) is 0 Å². The fourth-order valence-electron chi connectivity index (χ4n) is 2.52. The lowest BCUT2D eigenvalue weighted by Crippen LogP contribution is -2.16. The van der Waals surface area contributed by atoms with Crippen molar-refractivity contribution in [1.82, 2.24) is 4.57 Å². The maximum Gasteiger partial charge on any atom is 0.193 e. The summed E-state index contributed by atoms with van der Waals surface area (Å²) in [5.41, 5.74) is 2.30. The highest BCUT2D eigenvalue weighted by atomic mass is 32.2. The van der Waals surface area contributed by atoms with Crippen molar-refractivity contribution >= 4 is 22.7 Å². The number of thioether (sulfide) groups is 1. The van der Waals surface area contributed by atoms with Gasteiger partial charge in [0.2, 0.25) is 0 Å². The molecule has 1 aromatic heterocycles. The first-order valence-corrected chi connectivity index (χ1v) is 6.97. The van der Waals surface area contributed by atoms with E-state index in [0.29, 0.717) is 5.92 Å². The molecule has 3 heteroatoms. The molecule has 88 valence electrons. The second kappa shape index (κ2) is 3.91. The number of para-hydroxylation sites is 1. The molecule has 2 nitrogen and oxygen atoms in total. The number of hydrogen-bond donors (Lipinski definition) is 0. The predicted molar refractivity (Wildman–Crippen MR) is 73.0 cm³/mol. The number of aryl methyl sites for hydroxylation is 1. The molecule has 0 atom stereocenters. The second-order valence-corrected chi connectivity index (χ2v) is 5.80. The molecule has 0 aliphatic carbocycles. The van der Waals surface area contributed by atoms with Gasteiger partial charge in [-0.05, 0) is 18.1 Å². The van der Waals surface area contributed by atoms with Gasteiger partial charge in [0.25, 0.3) is 0 Å². The van der Waals surface area contributed by atoms with E-state index in [1.54, 1.807) is 0 Å². The molecule has 0 saturated heterocycles. The smallest absolute Gasteiger partial charge is 0.193 e. The van der Waals surface area contributed by atoms with Crippen LogP contribution in [-0.4, -0.2) is 10.3 Å². The summed E-state index contributed by atoms with van der Waals surface area (Å²) >= 11 is 1.81. The number of rotatable bonds is 1. The lowest BCUT2D eigenvalue weighted by atomic mass is 10.0. The van der Waals surface area contributed by atoms with Crippen molar-refractivity contribution < 1.29 is 0 Å². The van der Waals surface area contributed by atoms with Crippen molar-refractivity contribution in [1.29, 1.82) is 0 Å². The van der Waals surface area contributed by atoms with Gasteiger partial charge in [0.05, 0.1) is 10.5 Å². The summed E-state index contributed by atoms with van der Waals surface area (Å²) in [7, 11) is 0. The monoisotopic (exact) mass is 245 g/mol. The van der Waals surface area contributed by atoms with Crippen molar-refractivity contribution in [2.75, 3.05) is 5.75 Å². The Hall–Kier alpha value is -1.22. The van der Waals surface area contributed by atoms with Gasteiger partial charge >= 0.3 is 0 Å². The molecule has 17 heavy (non-hydrogen) atoms. The SMILES string of the molecule is CC(C)c1c2n(c3ccccc3c1=O)CCS2. The summed E-state index contributed by atoms with van der Waals surface area (Å²) in [5, 5.41) is 2.05. The van der Waals surface area contributed by atoms with Crippen LogP contribution in [0.15, 0.2) is 34.1 Å². The number of hydrogen-bond acceptors (Lipinski definition) is 2. The Morgan fingerprint density at radius 3 is 2.82 bits per heavy atom. The lowest BCUT2D eigenvalue weighted by molar-refractivity contribution is 0.709. The van der Waals surface area contributed by atoms with Crippen molar-refractivity contribution in [2.45, 2.75) is 31.3 Å². The molecule has 0 spiro atoms. The first-order chi connectivity index (χ1) is 8.20. The van der Waals surface area contributed by atoms with E-state index in [1.807, 2.05) is 30.0 Å². The maximum atomic E-state index is 12.5. The molecule has 0 radical (unpaired) electrons. The molecule has 2 heterocycles. The van der Waals surface area contributed by atoms with Crippen molar-refractivity contribution in [3.63, 3.8) is 0 Å². The largest absolute Gasteiger partial charge is 0.334 e. The van der Waals surface area contributed by atoms with Crippen LogP contribution in [0.1, 0.15) is 25.3 Å². The number of nitrogens with zero attached hydrogens (tertiary/aromatic N) is 1. The Labute approximate surface area is 105 Å². The fraction of sp³-hybridized carbons (Fsp3) is 0.357. The highest BCUT2D eigenvalue weighted by Gasteiger charge is 2.22. The fourth-order valence-corrected chi connectivity index (χ4v) is 3.82. The zero-order chi connectivity index (χ0) is 12.0. The first kappa shape index (κ1) is 10.9. The molecule has 0 N–H and O–H groups in total. The van der Waals surface area contributed by atoms with E-state index in [4.69, 9.17) is 0 Å². The molecular formula is C14H15NOS. The molecule has 0 bridgehead atoms. The van der Waals surface area contributed by atoms with Crippen LogP contribution in [0.3, 0.4) is 0 Å².